The van der Waals surface area contributed by atoms with Crippen molar-refractivity contribution in [3.05, 3.63) is 62.7 Å². The quantitative estimate of drug-likeness (QED) is 0.308. The van der Waals surface area contributed by atoms with Gasteiger partial charge in [0, 0.05) is 15.1 Å². The maximum absolute atomic E-state index is 4.33. The van der Waals surface area contributed by atoms with E-state index in [1.807, 2.05) is 49.6 Å². The van der Waals surface area contributed by atoms with Gasteiger partial charge in [0.2, 0.25) is 5.13 Å². The van der Waals surface area contributed by atoms with E-state index in [0.29, 0.717) is 5.13 Å². The number of azo groups is 2. The van der Waals surface area contributed by atoms with Crippen molar-refractivity contribution in [2.45, 2.75) is 13.8 Å². The second kappa shape index (κ2) is 7.71. The van der Waals surface area contributed by atoms with Crippen LogP contribution in [0.5, 0.6) is 0 Å². The summed E-state index contributed by atoms with van der Waals surface area (Å²) in [5.41, 5.74) is 4.57. The van der Waals surface area contributed by atoms with Crippen molar-refractivity contribution in [2.24, 2.45) is 20.5 Å². The summed E-state index contributed by atoms with van der Waals surface area (Å²) >= 11 is 3.74. The lowest BCUT2D eigenvalue weighted by Crippen LogP contribution is -1.76. The van der Waals surface area contributed by atoms with E-state index in [4.69, 9.17) is 0 Å². The normalized spacial score (nSPS) is 11.6. The molecule has 0 atom stereocenters. The highest BCUT2D eigenvalue weighted by atomic mass is 127. The lowest BCUT2D eigenvalue weighted by atomic mass is 10.2. The maximum atomic E-state index is 4.33. The molecular weight excluding hydrogens is 433 g/mol. The molecule has 3 rings (SSSR count). The molecule has 0 saturated carbocycles. The monoisotopic (exact) mass is 447 g/mol. The molecule has 3 aromatic rings. The maximum Gasteiger partial charge on any atom is 0.229 e. The van der Waals surface area contributed by atoms with Crippen LogP contribution in [0.2, 0.25) is 0 Å². The minimum Gasteiger partial charge on any atom is -0.226 e. The Morgan fingerprint density at radius 2 is 1.58 bits per heavy atom. The SMILES string of the molecule is Cc1cc(I)ccc1/N=N/c1ccc(/N=N/c2nccs2)c(C)c1. The van der Waals surface area contributed by atoms with Crippen molar-refractivity contribution in [3.8, 4) is 0 Å². The number of rotatable bonds is 4. The molecule has 0 aliphatic carbocycles. The van der Waals surface area contributed by atoms with Crippen molar-refractivity contribution in [2.75, 3.05) is 0 Å². The minimum absolute atomic E-state index is 0.646. The van der Waals surface area contributed by atoms with Gasteiger partial charge in [-0.05, 0) is 84.0 Å². The van der Waals surface area contributed by atoms with Gasteiger partial charge in [0.15, 0.2) is 0 Å². The Kier molecular flexibility index (Phi) is 5.41. The standard InChI is InChI=1S/C17H14IN5S/c1-11-9-13(18)3-5-15(11)21-20-14-4-6-16(12(2)10-14)22-23-17-19-7-8-24-17/h3-10H,1-2H3/b21-20+,23-22+. The number of hydrogen-bond donors (Lipinski definition) is 0. The summed E-state index contributed by atoms with van der Waals surface area (Å²) in [6.45, 7) is 4.01. The summed E-state index contributed by atoms with van der Waals surface area (Å²) in [5.74, 6) is 0. The van der Waals surface area contributed by atoms with Gasteiger partial charge in [-0.1, -0.05) is 0 Å². The highest BCUT2D eigenvalue weighted by Crippen LogP contribution is 2.28. The molecule has 0 bridgehead atoms. The van der Waals surface area contributed by atoms with Crippen molar-refractivity contribution >= 4 is 56.1 Å². The highest BCUT2D eigenvalue weighted by Gasteiger charge is 2.01. The van der Waals surface area contributed by atoms with Crippen molar-refractivity contribution in [1.29, 1.82) is 0 Å². The Labute approximate surface area is 157 Å². The first kappa shape index (κ1) is 16.8. The fraction of sp³-hybridized carbons (Fsp3) is 0.118. The van der Waals surface area contributed by atoms with E-state index in [1.54, 1.807) is 6.20 Å². The fourth-order valence-electron chi connectivity index (χ4n) is 2.02. The molecule has 1 aromatic heterocycles. The third-order valence-electron chi connectivity index (χ3n) is 3.27. The molecule has 0 saturated heterocycles. The van der Waals surface area contributed by atoms with Crippen LogP contribution in [0.3, 0.4) is 0 Å². The average molecular weight is 447 g/mol. The van der Waals surface area contributed by atoms with Gasteiger partial charge in [0.05, 0.1) is 17.1 Å². The summed E-state index contributed by atoms with van der Waals surface area (Å²) < 4.78 is 1.19. The van der Waals surface area contributed by atoms with Crippen molar-refractivity contribution in [3.63, 3.8) is 0 Å². The summed E-state index contributed by atoms with van der Waals surface area (Å²) in [6, 6.07) is 11.8. The molecule has 0 aliphatic rings. The van der Waals surface area contributed by atoms with Crippen LogP contribution in [0, 0.1) is 17.4 Å². The van der Waals surface area contributed by atoms with Gasteiger partial charge in [-0.2, -0.15) is 10.2 Å². The average Bonchev–Trinajstić information content (AvgIpc) is 3.06. The number of benzene rings is 2. The van der Waals surface area contributed by atoms with Gasteiger partial charge in [0.25, 0.3) is 0 Å². The summed E-state index contributed by atoms with van der Waals surface area (Å²) in [6.07, 6.45) is 1.71. The first-order valence-corrected chi connectivity index (χ1v) is 9.17. The summed E-state index contributed by atoms with van der Waals surface area (Å²) in [7, 11) is 0. The zero-order valence-electron chi connectivity index (χ0n) is 13.1. The van der Waals surface area contributed by atoms with Gasteiger partial charge in [0.1, 0.15) is 0 Å². The third-order valence-corrected chi connectivity index (χ3v) is 4.60. The predicted octanol–water partition coefficient (Wildman–Crippen LogP) is 7.20. The predicted molar refractivity (Wildman–Crippen MR) is 106 cm³/mol. The summed E-state index contributed by atoms with van der Waals surface area (Å²) in [5, 5.41) is 19.5. The second-order valence-electron chi connectivity index (χ2n) is 5.12. The number of nitrogens with zero attached hydrogens (tertiary/aromatic N) is 5. The Morgan fingerprint density at radius 1 is 0.875 bits per heavy atom. The zero-order valence-corrected chi connectivity index (χ0v) is 16.1. The van der Waals surface area contributed by atoms with E-state index in [1.165, 1.54) is 14.9 Å². The topological polar surface area (TPSA) is 62.3 Å². The molecule has 0 unspecified atom stereocenters. The molecule has 0 fully saturated rings. The Morgan fingerprint density at radius 3 is 2.25 bits per heavy atom. The molecule has 120 valence electrons. The Bertz CT molecular complexity index is 903. The van der Waals surface area contributed by atoms with E-state index < -0.39 is 0 Å². The minimum atomic E-state index is 0.646. The molecule has 1 heterocycles. The fourth-order valence-corrected chi connectivity index (χ4v) is 3.12. The van der Waals surface area contributed by atoms with Gasteiger partial charge in [-0.25, -0.2) is 4.98 Å². The Balaban J connectivity index is 1.78. The van der Waals surface area contributed by atoms with Crippen LogP contribution in [-0.2, 0) is 0 Å². The molecule has 0 amide bonds. The van der Waals surface area contributed by atoms with E-state index in [-0.39, 0.29) is 0 Å². The molecule has 0 radical (unpaired) electrons. The smallest absolute Gasteiger partial charge is 0.226 e. The Hall–Kier alpha value is -2.00. The number of thiazole rings is 1. The number of hydrogen-bond acceptors (Lipinski definition) is 6. The third kappa shape index (κ3) is 4.30. The van der Waals surface area contributed by atoms with Crippen LogP contribution in [0.15, 0.2) is 68.4 Å². The van der Waals surface area contributed by atoms with E-state index in [0.717, 1.165) is 28.2 Å². The van der Waals surface area contributed by atoms with Gasteiger partial charge in [-0.15, -0.1) is 21.6 Å². The van der Waals surface area contributed by atoms with Crippen LogP contribution in [0.4, 0.5) is 22.2 Å². The zero-order chi connectivity index (χ0) is 16.9. The largest absolute Gasteiger partial charge is 0.229 e. The number of aromatic nitrogens is 1. The van der Waals surface area contributed by atoms with Crippen LogP contribution < -0.4 is 0 Å². The first-order valence-electron chi connectivity index (χ1n) is 7.21. The lowest BCUT2D eigenvalue weighted by Gasteiger charge is -2.01. The molecule has 0 aliphatic heterocycles. The van der Waals surface area contributed by atoms with E-state index >= 15 is 0 Å². The number of aryl methyl sites for hydroxylation is 2. The van der Waals surface area contributed by atoms with E-state index in [2.05, 4.69) is 54.1 Å². The molecular formula is C17H14IN5S. The van der Waals surface area contributed by atoms with Gasteiger partial charge >= 0.3 is 0 Å². The molecule has 0 N–H and O–H groups in total. The van der Waals surface area contributed by atoms with Crippen LogP contribution in [0.1, 0.15) is 11.1 Å². The van der Waals surface area contributed by atoms with E-state index in [9.17, 15) is 0 Å². The second-order valence-corrected chi connectivity index (χ2v) is 7.23. The molecule has 24 heavy (non-hydrogen) atoms. The highest BCUT2D eigenvalue weighted by molar-refractivity contribution is 14.1. The van der Waals surface area contributed by atoms with Gasteiger partial charge < -0.3 is 0 Å². The van der Waals surface area contributed by atoms with Crippen molar-refractivity contribution in [1.82, 2.24) is 4.98 Å². The number of halogens is 1. The molecule has 5 nitrogen and oxygen atoms in total. The van der Waals surface area contributed by atoms with Crippen LogP contribution in [-0.4, -0.2) is 4.98 Å². The van der Waals surface area contributed by atoms with Crippen LogP contribution in [0.25, 0.3) is 0 Å². The van der Waals surface area contributed by atoms with Crippen LogP contribution >= 0.6 is 33.9 Å². The first-order chi connectivity index (χ1) is 11.6. The summed E-state index contributed by atoms with van der Waals surface area (Å²) in [4.78, 5) is 4.08. The molecule has 2 aromatic carbocycles. The molecule has 0 spiro atoms. The van der Waals surface area contributed by atoms with Crippen molar-refractivity contribution < 1.29 is 0 Å². The molecule has 7 heteroatoms. The van der Waals surface area contributed by atoms with Gasteiger partial charge in [-0.3, -0.25) is 0 Å². The lowest BCUT2D eigenvalue weighted by molar-refractivity contribution is 1.17.